The van der Waals surface area contributed by atoms with Crippen molar-refractivity contribution in [3.05, 3.63) is 59.4 Å². The highest BCUT2D eigenvalue weighted by Gasteiger charge is 2.19. The van der Waals surface area contributed by atoms with E-state index in [2.05, 4.69) is 4.98 Å². The average Bonchev–Trinajstić information content (AvgIpc) is 3.22. The van der Waals surface area contributed by atoms with Gasteiger partial charge in [-0.2, -0.15) is 0 Å². The second-order valence-corrected chi connectivity index (χ2v) is 6.54. The summed E-state index contributed by atoms with van der Waals surface area (Å²) in [6, 6.07) is 10.4. The first kappa shape index (κ1) is 15.8. The topological polar surface area (TPSA) is 43.6 Å². The summed E-state index contributed by atoms with van der Waals surface area (Å²) in [6.45, 7) is 2.09. The quantitative estimate of drug-likeness (QED) is 0.508. The third-order valence-corrected chi connectivity index (χ3v) is 4.95. The van der Waals surface area contributed by atoms with E-state index in [9.17, 15) is 9.18 Å². The van der Waals surface area contributed by atoms with Crippen LogP contribution in [0.5, 0.6) is 0 Å². The maximum atomic E-state index is 13.9. The monoisotopic (exact) mass is 354 g/mol. The predicted molar refractivity (Wildman–Crippen MR) is 96.3 cm³/mol. The number of rotatable bonds is 4. The molecule has 0 N–H and O–H groups in total. The second-order valence-electron chi connectivity index (χ2n) is 5.59. The molecule has 6 heteroatoms. The van der Waals surface area contributed by atoms with Crippen molar-refractivity contribution in [1.82, 2.24) is 9.38 Å². The molecular weight excluding hydrogens is 339 g/mol. The van der Waals surface area contributed by atoms with Gasteiger partial charge in [-0.15, -0.1) is 11.3 Å². The van der Waals surface area contributed by atoms with Crippen LogP contribution in [0.1, 0.15) is 12.5 Å². The molecule has 0 unspecified atom stereocenters. The summed E-state index contributed by atoms with van der Waals surface area (Å²) < 4.78 is 20.9. The van der Waals surface area contributed by atoms with Crippen molar-refractivity contribution < 1.29 is 13.9 Å². The summed E-state index contributed by atoms with van der Waals surface area (Å²) in [6.07, 6.45) is 1.81. The lowest BCUT2D eigenvalue weighted by Crippen LogP contribution is -2.07. The maximum absolute atomic E-state index is 13.9. The highest BCUT2D eigenvalue weighted by Crippen LogP contribution is 2.33. The zero-order chi connectivity index (χ0) is 17.4. The molecule has 4 rings (SSSR count). The average molecular weight is 354 g/mol. The number of carbonyl (C=O) groups is 1. The molecule has 0 aliphatic carbocycles. The molecule has 0 spiro atoms. The Labute approximate surface area is 147 Å². The molecule has 0 saturated carbocycles. The van der Waals surface area contributed by atoms with E-state index in [-0.39, 0.29) is 18.2 Å². The minimum atomic E-state index is -0.334. The number of carbonyl (C=O) groups excluding carboxylic acids is 1. The third-order valence-electron chi connectivity index (χ3n) is 4.08. The van der Waals surface area contributed by atoms with E-state index in [0.29, 0.717) is 12.0 Å². The summed E-state index contributed by atoms with van der Waals surface area (Å²) in [5, 5.41) is 2.69. The Morgan fingerprint density at radius 2 is 2.16 bits per heavy atom. The Morgan fingerprint density at radius 3 is 2.92 bits per heavy atom. The van der Waals surface area contributed by atoms with E-state index >= 15 is 0 Å². The zero-order valence-corrected chi connectivity index (χ0v) is 14.3. The number of hydrogen-bond donors (Lipinski definition) is 0. The molecule has 0 amide bonds. The largest absolute Gasteiger partial charge is 0.466 e. The normalized spacial score (nSPS) is 11.3. The molecule has 3 heterocycles. The highest BCUT2D eigenvalue weighted by molar-refractivity contribution is 7.13. The van der Waals surface area contributed by atoms with Crippen molar-refractivity contribution >= 4 is 33.7 Å². The van der Waals surface area contributed by atoms with Crippen molar-refractivity contribution in [3.63, 3.8) is 0 Å². The van der Waals surface area contributed by atoms with Gasteiger partial charge >= 0.3 is 5.97 Å². The van der Waals surface area contributed by atoms with Gasteiger partial charge in [0.05, 0.1) is 28.9 Å². The van der Waals surface area contributed by atoms with Crippen LogP contribution in [0.4, 0.5) is 4.39 Å². The van der Waals surface area contributed by atoms with E-state index in [1.54, 1.807) is 30.5 Å². The fourth-order valence-electron chi connectivity index (χ4n) is 3.11. The first-order valence-electron chi connectivity index (χ1n) is 7.96. The van der Waals surface area contributed by atoms with Crippen LogP contribution < -0.4 is 0 Å². The molecule has 0 saturated heterocycles. The number of esters is 1. The van der Waals surface area contributed by atoms with Gasteiger partial charge in [-0.25, -0.2) is 9.37 Å². The van der Waals surface area contributed by atoms with Crippen LogP contribution in [0, 0.1) is 5.82 Å². The molecule has 4 nitrogen and oxygen atoms in total. The Hall–Kier alpha value is -2.73. The molecule has 4 aromatic rings. The number of benzene rings is 1. The maximum Gasteiger partial charge on any atom is 0.310 e. The lowest BCUT2D eigenvalue weighted by molar-refractivity contribution is -0.142. The molecule has 0 fully saturated rings. The van der Waals surface area contributed by atoms with Crippen molar-refractivity contribution in [2.75, 3.05) is 6.61 Å². The zero-order valence-electron chi connectivity index (χ0n) is 13.5. The second kappa shape index (κ2) is 6.29. The minimum absolute atomic E-state index is 0.0954. The van der Waals surface area contributed by atoms with Gasteiger partial charge in [0, 0.05) is 11.6 Å². The molecule has 0 atom stereocenters. The Kier molecular flexibility index (Phi) is 3.97. The van der Waals surface area contributed by atoms with Crippen LogP contribution in [-0.2, 0) is 16.0 Å². The number of thiophene rings is 1. The van der Waals surface area contributed by atoms with Gasteiger partial charge in [0.2, 0.25) is 0 Å². The number of nitrogens with zero attached hydrogens (tertiary/aromatic N) is 2. The van der Waals surface area contributed by atoms with Crippen LogP contribution in [0.3, 0.4) is 0 Å². The minimum Gasteiger partial charge on any atom is -0.466 e. The highest BCUT2D eigenvalue weighted by atomic mass is 32.1. The fraction of sp³-hybridized carbons (Fsp3) is 0.158. The molecule has 0 bridgehead atoms. The van der Waals surface area contributed by atoms with E-state index in [1.807, 2.05) is 28.0 Å². The van der Waals surface area contributed by atoms with Crippen LogP contribution in [-0.4, -0.2) is 22.0 Å². The third kappa shape index (κ3) is 2.68. The van der Waals surface area contributed by atoms with Gasteiger partial charge in [-0.05, 0) is 48.2 Å². The molecule has 25 heavy (non-hydrogen) atoms. The summed E-state index contributed by atoms with van der Waals surface area (Å²) >= 11 is 1.58. The molecule has 0 aliphatic rings. The Morgan fingerprint density at radius 1 is 1.28 bits per heavy atom. The van der Waals surface area contributed by atoms with Gasteiger partial charge in [0.15, 0.2) is 5.82 Å². The number of fused-ring (bicyclic) bond motifs is 3. The first-order valence-corrected chi connectivity index (χ1v) is 8.84. The lowest BCUT2D eigenvalue weighted by Gasteiger charge is -2.05. The summed E-state index contributed by atoms with van der Waals surface area (Å²) in [7, 11) is 0. The molecule has 126 valence electrons. The van der Waals surface area contributed by atoms with E-state index < -0.39 is 0 Å². The molecule has 0 aliphatic heterocycles. The van der Waals surface area contributed by atoms with Crippen molar-refractivity contribution in [3.8, 4) is 10.7 Å². The Bertz CT molecular complexity index is 1070. The number of ether oxygens (including phenoxy) is 1. The Balaban J connectivity index is 2.04. The summed E-state index contributed by atoms with van der Waals surface area (Å²) in [4.78, 5) is 17.6. The number of halogens is 1. The van der Waals surface area contributed by atoms with Gasteiger partial charge in [-0.3, -0.25) is 9.20 Å². The van der Waals surface area contributed by atoms with Gasteiger partial charge in [-0.1, -0.05) is 6.07 Å². The standard InChI is InChI=1S/C19H15FN2O2S/c1-2-24-18(23)11-14-13-10-12(20)5-6-15(13)22-16(14)7-8-21-19(22)17-4-3-9-25-17/h3-10H,2,11H2,1H3. The van der Waals surface area contributed by atoms with E-state index in [4.69, 9.17) is 4.74 Å². The van der Waals surface area contributed by atoms with Gasteiger partial charge < -0.3 is 4.74 Å². The molecule has 1 aromatic carbocycles. The summed E-state index contributed by atoms with van der Waals surface area (Å²) in [5.74, 6) is 0.119. The van der Waals surface area contributed by atoms with Crippen LogP contribution in [0.2, 0.25) is 0 Å². The van der Waals surface area contributed by atoms with Crippen molar-refractivity contribution in [2.24, 2.45) is 0 Å². The molecule has 3 aromatic heterocycles. The first-order chi connectivity index (χ1) is 12.2. The van der Waals surface area contributed by atoms with Gasteiger partial charge in [0.1, 0.15) is 5.82 Å². The molecular formula is C19H15FN2O2S. The van der Waals surface area contributed by atoms with Gasteiger partial charge in [0.25, 0.3) is 0 Å². The predicted octanol–water partition coefficient (Wildman–Crippen LogP) is 4.46. The SMILES string of the molecule is CCOC(=O)Cc1c2cc(F)ccc2n2c(-c3cccs3)nccc12. The van der Waals surface area contributed by atoms with Crippen LogP contribution >= 0.6 is 11.3 Å². The van der Waals surface area contributed by atoms with Crippen LogP contribution in [0.15, 0.2) is 48.0 Å². The smallest absolute Gasteiger partial charge is 0.310 e. The van der Waals surface area contributed by atoms with E-state index in [1.165, 1.54) is 12.1 Å². The van der Waals surface area contributed by atoms with Crippen molar-refractivity contribution in [1.29, 1.82) is 0 Å². The molecule has 0 radical (unpaired) electrons. The number of hydrogen-bond acceptors (Lipinski definition) is 4. The van der Waals surface area contributed by atoms with Crippen molar-refractivity contribution in [2.45, 2.75) is 13.3 Å². The van der Waals surface area contributed by atoms with E-state index in [0.717, 1.165) is 27.3 Å². The number of aromatic nitrogens is 2. The summed E-state index contributed by atoms with van der Waals surface area (Å²) in [5.41, 5.74) is 2.42. The van der Waals surface area contributed by atoms with Crippen LogP contribution in [0.25, 0.3) is 27.1 Å². The fourth-order valence-corrected chi connectivity index (χ4v) is 3.82. The lowest BCUT2D eigenvalue weighted by atomic mass is 10.1.